The van der Waals surface area contributed by atoms with Gasteiger partial charge in [-0.25, -0.2) is 13.6 Å². The van der Waals surface area contributed by atoms with Crippen LogP contribution in [0.1, 0.15) is 11.1 Å². The van der Waals surface area contributed by atoms with Gasteiger partial charge in [0.1, 0.15) is 0 Å². The van der Waals surface area contributed by atoms with Crippen LogP contribution in [0, 0.1) is 0 Å². The van der Waals surface area contributed by atoms with Gasteiger partial charge in [0.15, 0.2) is 0 Å². The Hall–Kier alpha value is -2.70. The van der Waals surface area contributed by atoms with Crippen molar-refractivity contribution in [1.82, 2.24) is 5.32 Å². The van der Waals surface area contributed by atoms with Crippen LogP contribution in [0.25, 0.3) is 10.8 Å². The van der Waals surface area contributed by atoms with Crippen molar-refractivity contribution in [2.45, 2.75) is 17.9 Å². The number of hydrogen-bond donors (Lipinski definition) is 2. The van der Waals surface area contributed by atoms with Gasteiger partial charge in [0.05, 0.1) is 11.3 Å². The maximum absolute atomic E-state index is 12.2. The highest BCUT2D eigenvalue weighted by Crippen LogP contribution is 2.19. The largest absolute Gasteiger partial charge is 0.352 e. The lowest BCUT2D eigenvalue weighted by Crippen LogP contribution is -2.24. The molecule has 3 rings (SSSR count). The van der Waals surface area contributed by atoms with Crippen molar-refractivity contribution in [1.29, 1.82) is 0 Å². The number of fused-ring (bicyclic) bond motifs is 1. The van der Waals surface area contributed by atoms with E-state index in [1.54, 1.807) is 12.1 Å². The summed E-state index contributed by atoms with van der Waals surface area (Å²) in [6.07, 6.45) is 0.288. The van der Waals surface area contributed by atoms with Gasteiger partial charge in [-0.1, -0.05) is 54.6 Å². The number of nitrogens with one attached hydrogen (secondary N) is 1. The number of nitrogens with two attached hydrogens (primary N) is 1. The van der Waals surface area contributed by atoms with Crippen LogP contribution >= 0.6 is 0 Å². The monoisotopic (exact) mass is 354 g/mol. The highest BCUT2D eigenvalue weighted by atomic mass is 32.2. The molecule has 0 aliphatic heterocycles. The van der Waals surface area contributed by atoms with Gasteiger partial charge < -0.3 is 5.32 Å². The number of carbonyl (C=O) groups excluding carboxylic acids is 1. The molecule has 0 saturated heterocycles. The first-order chi connectivity index (χ1) is 11.9. The van der Waals surface area contributed by atoms with Gasteiger partial charge in [0.2, 0.25) is 15.9 Å². The highest BCUT2D eigenvalue weighted by molar-refractivity contribution is 7.89. The fourth-order valence-electron chi connectivity index (χ4n) is 2.68. The SMILES string of the molecule is NS(=O)(=O)c1ccc(CNC(=O)Cc2cccc3ccccc23)cc1. The molecule has 0 atom stereocenters. The Kier molecular flexibility index (Phi) is 4.83. The van der Waals surface area contributed by atoms with Crippen LogP contribution in [0.3, 0.4) is 0 Å². The summed E-state index contributed by atoms with van der Waals surface area (Å²) >= 11 is 0. The van der Waals surface area contributed by atoms with E-state index >= 15 is 0 Å². The standard InChI is InChI=1S/C19H18N2O3S/c20-25(23,24)17-10-8-14(9-11-17)13-21-19(22)12-16-6-3-5-15-4-1-2-7-18(15)16/h1-11H,12-13H2,(H,21,22)(H2,20,23,24). The molecule has 3 N–H and O–H groups in total. The Morgan fingerprint density at radius 1 is 0.920 bits per heavy atom. The van der Waals surface area contributed by atoms with Gasteiger partial charge in [-0.05, 0) is 34.0 Å². The van der Waals surface area contributed by atoms with Crippen molar-refractivity contribution in [3.05, 3.63) is 77.9 Å². The van der Waals surface area contributed by atoms with Crippen molar-refractivity contribution in [3.63, 3.8) is 0 Å². The van der Waals surface area contributed by atoms with Crippen molar-refractivity contribution in [3.8, 4) is 0 Å². The molecule has 0 aliphatic carbocycles. The molecule has 0 aliphatic rings. The minimum atomic E-state index is -3.70. The van der Waals surface area contributed by atoms with E-state index in [9.17, 15) is 13.2 Å². The quantitative estimate of drug-likeness (QED) is 0.737. The van der Waals surface area contributed by atoms with Crippen LogP contribution < -0.4 is 10.5 Å². The molecule has 0 aromatic heterocycles. The van der Waals surface area contributed by atoms with Gasteiger partial charge in [-0.2, -0.15) is 0 Å². The molecule has 3 aromatic carbocycles. The molecule has 25 heavy (non-hydrogen) atoms. The average Bonchev–Trinajstić information content (AvgIpc) is 2.60. The molecular formula is C19H18N2O3S. The summed E-state index contributed by atoms with van der Waals surface area (Å²) in [5, 5.41) is 10.1. The van der Waals surface area contributed by atoms with Crippen molar-refractivity contribution < 1.29 is 13.2 Å². The van der Waals surface area contributed by atoms with Crippen LogP contribution in [-0.4, -0.2) is 14.3 Å². The molecule has 1 amide bonds. The van der Waals surface area contributed by atoms with Crippen molar-refractivity contribution in [2.75, 3.05) is 0 Å². The lowest BCUT2D eigenvalue weighted by atomic mass is 10.0. The Labute approximate surface area is 146 Å². The van der Waals surface area contributed by atoms with E-state index in [-0.39, 0.29) is 17.2 Å². The molecule has 0 saturated carbocycles. The third-order valence-electron chi connectivity index (χ3n) is 3.97. The number of hydrogen-bond acceptors (Lipinski definition) is 3. The summed E-state index contributed by atoms with van der Waals surface area (Å²) in [5.74, 6) is -0.0909. The fourth-order valence-corrected chi connectivity index (χ4v) is 3.20. The van der Waals surface area contributed by atoms with Gasteiger partial charge in [-0.15, -0.1) is 0 Å². The van der Waals surface area contributed by atoms with E-state index in [4.69, 9.17) is 5.14 Å². The predicted octanol–water partition coefficient (Wildman–Crippen LogP) is 2.35. The maximum Gasteiger partial charge on any atom is 0.238 e. The number of benzene rings is 3. The van der Waals surface area contributed by atoms with Crippen molar-refractivity contribution >= 4 is 26.7 Å². The molecule has 0 spiro atoms. The summed E-state index contributed by atoms with van der Waals surface area (Å²) in [5.41, 5.74) is 1.78. The number of amides is 1. The van der Waals surface area contributed by atoms with E-state index in [0.29, 0.717) is 6.54 Å². The van der Waals surface area contributed by atoms with Crippen LogP contribution in [-0.2, 0) is 27.8 Å². The third-order valence-corrected chi connectivity index (χ3v) is 4.90. The fraction of sp³-hybridized carbons (Fsp3) is 0.105. The zero-order valence-corrected chi connectivity index (χ0v) is 14.3. The molecule has 5 nitrogen and oxygen atoms in total. The first-order valence-corrected chi connectivity index (χ1v) is 9.33. The van der Waals surface area contributed by atoms with E-state index in [1.807, 2.05) is 42.5 Å². The minimum Gasteiger partial charge on any atom is -0.352 e. The Morgan fingerprint density at radius 2 is 1.60 bits per heavy atom. The summed E-state index contributed by atoms with van der Waals surface area (Å²) in [4.78, 5) is 12.3. The van der Waals surface area contributed by atoms with E-state index in [0.717, 1.165) is 21.9 Å². The van der Waals surface area contributed by atoms with Crippen molar-refractivity contribution in [2.24, 2.45) is 5.14 Å². The van der Waals surface area contributed by atoms with E-state index < -0.39 is 10.0 Å². The van der Waals surface area contributed by atoms with Crippen LogP contribution in [0.5, 0.6) is 0 Å². The molecule has 128 valence electrons. The lowest BCUT2D eigenvalue weighted by Gasteiger charge is -2.08. The average molecular weight is 354 g/mol. The van der Waals surface area contributed by atoms with E-state index in [2.05, 4.69) is 5.32 Å². The normalized spacial score (nSPS) is 11.4. The first kappa shape index (κ1) is 17.1. The van der Waals surface area contributed by atoms with Gasteiger partial charge >= 0.3 is 0 Å². The second kappa shape index (κ2) is 7.04. The zero-order chi connectivity index (χ0) is 17.9. The smallest absolute Gasteiger partial charge is 0.238 e. The molecule has 0 heterocycles. The van der Waals surface area contributed by atoms with Gasteiger partial charge in [-0.3, -0.25) is 4.79 Å². The first-order valence-electron chi connectivity index (χ1n) is 7.78. The lowest BCUT2D eigenvalue weighted by molar-refractivity contribution is -0.120. The molecular weight excluding hydrogens is 336 g/mol. The number of carbonyl (C=O) groups is 1. The minimum absolute atomic E-state index is 0.0540. The Balaban J connectivity index is 1.65. The Bertz CT molecular complexity index is 1010. The van der Waals surface area contributed by atoms with Crippen LogP contribution in [0.4, 0.5) is 0 Å². The zero-order valence-electron chi connectivity index (χ0n) is 13.5. The maximum atomic E-state index is 12.2. The number of rotatable bonds is 5. The second-order valence-corrected chi connectivity index (χ2v) is 7.34. The van der Waals surface area contributed by atoms with Crippen LogP contribution in [0.15, 0.2) is 71.6 Å². The van der Waals surface area contributed by atoms with Crippen LogP contribution in [0.2, 0.25) is 0 Å². The molecule has 6 heteroatoms. The topological polar surface area (TPSA) is 89.3 Å². The van der Waals surface area contributed by atoms with E-state index in [1.165, 1.54) is 12.1 Å². The summed E-state index contributed by atoms with van der Waals surface area (Å²) in [6.45, 7) is 0.328. The third kappa shape index (κ3) is 4.23. The predicted molar refractivity (Wildman–Crippen MR) is 97.3 cm³/mol. The Morgan fingerprint density at radius 3 is 2.32 bits per heavy atom. The summed E-state index contributed by atoms with van der Waals surface area (Å²) in [7, 11) is -3.70. The summed E-state index contributed by atoms with van der Waals surface area (Å²) < 4.78 is 22.5. The second-order valence-electron chi connectivity index (χ2n) is 5.78. The van der Waals surface area contributed by atoms with Gasteiger partial charge in [0.25, 0.3) is 0 Å². The molecule has 0 bridgehead atoms. The molecule has 0 radical (unpaired) electrons. The highest BCUT2D eigenvalue weighted by Gasteiger charge is 2.09. The molecule has 0 unspecified atom stereocenters. The summed E-state index contributed by atoms with van der Waals surface area (Å²) in [6, 6.07) is 20.0. The van der Waals surface area contributed by atoms with Gasteiger partial charge in [0, 0.05) is 6.54 Å². The number of primary sulfonamides is 1. The molecule has 3 aromatic rings. The molecule has 0 fully saturated rings. The number of sulfonamides is 1.